The number of para-hydroxylation sites is 1. The second kappa shape index (κ2) is 8.44. The molecule has 2 heterocycles. The molecule has 34 heavy (non-hydrogen) atoms. The first-order valence-corrected chi connectivity index (χ1v) is 12.4. The van der Waals surface area contributed by atoms with Gasteiger partial charge in [0.1, 0.15) is 17.4 Å². The summed E-state index contributed by atoms with van der Waals surface area (Å²) in [5.74, 6) is 0.209. The Bertz CT molecular complexity index is 1480. The highest BCUT2D eigenvalue weighted by molar-refractivity contribution is 7.90. The minimum absolute atomic E-state index is 0.0673. The number of hydrogen-bond acceptors (Lipinski definition) is 5. The van der Waals surface area contributed by atoms with Gasteiger partial charge in [-0.2, -0.15) is 8.78 Å². The molecule has 0 unspecified atom stereocenters. The van der Waals surface area contributed by atoms with E-state index in [1.54, 1.807) is 36.4 Å². The lowest BCUT2D eigenvalue weighted by atomic mass is 10.0. The average Bonchev–Trinajstić information content (AvgIpc) is 3.15. The molecule has 1 atom stereocenters. The van der Waals surface area contributed by atoms with E-state index >= 15 is 4.39 Å². The first-order chi connectivity index (χ1) is 16.2. The Morgan fingerprint density at radius 2 is 1.85 bits per heavy atom. The molecule has 176 valence electrons. The van der Waals surface area contributed by atoms with Gasteiger partial charge in [0.05, 0.1) is 28.5 Å². The number of fused-ring (bicyclic) bond motifs is 3. The van der Waals surface area contributed by atoms with E-state index in [1.807, 2.05) is 4.57 Å². The van der Waals surface area contributed by atoms with Crippen LogP contribution in [0.2, 0.25) is 0 Å². The van der Waals surface area contributed by atoms with Crippen molar-refractivity contribution in [2.24, 2.45) is 0 Å². The predicted octanol–water partition coefficient (Wildman–Crippen LogP) is 4.54. The normalized spacial score (nSPS) is 16.1. The predicted molar refractivity (Wildman–Crippen MR) is 121 cm³/mol. The molecule has 1 aromatic heterocycles. The van der Waals surface area contributed by atoms with Crippen LogP contribution in [0.3, 0.4) is 0 Å². The Morgan fingerprint density at radius 3 is 2.56 bits per heavy atom. The van der Waals surface area contributed by atoms with Crippen molar-refractivity contribution in [3.05, 3.63) is 77.9 Å². The number of nitrogens with zero attached hydrogens (tertiary/aromatic N) is 2. The maximum Gasteiger partial charge on any atom is 0.387 e. The minimum Gasteiger partial charge on any atom is -0.434 e. The SMILES string of the molecule is CS(=O)(=O)c1ccc(-c2cc3c(cc2F)nc2n3[C@H](c3ccccc3OC(F)F)CNC2)cc1. The lowest BCUT2D eigenvalue weighted by molar-refractivity contribution is -0.0507. The second-order valence-electron chi connectivity index (χ2n) is 8.08. The van der Waals surface area contributed by atoms with Crippen molar-refractivity contribution in [2.75, 3.05) is 12.8 Å². The summed E-state index contributed by atoms with van der Waals surface area (Å²) in [6.45, 7) is -2.09. The molecule has 5 rings (SSSR count). The van der Waals surface area contributed by atoms with Crippen LogP contribution in [0.5, 0.6) is 5.75 Å². The molecule has 10 heteroatoms. The fraction of sp³-hybridized carbons (Fsp3) is 0.208. The molecule has 1 aliphatic rings. The Labute approximate surface area is 193 Å². The van der Waals surface area contributed by atoms with Gasteiger partial charge in [0, 0.05) is 30.0 Å². The fourth-order valence-corrected chi connectivity index (χ4v) is 4.99. The summed E-state index contributed by atoms with van der Waals surface area (Å²) in [6.07, 6.45) is 1.11. The Hall–Kier alpha value is -3.37. The van der Waals surface area contributed by atoms with E-state index in [2.05, 4.69) is 10.3 Å². The van der Waals surface area contributed by atoms with Crippen molar-refractivity contribution in [3.8, 4) is 16.9 Å². The van der Waals surface area contributed by atoms with Crippen molar-refractivity contribution in [3.63, 3.8) is 0 Å². The van der Waals surface area contributed by atoms with Crippen LogP contribution >= 0.6 is 0 Å². The number of hydrogen-bond donors (Lipinski definition) is 1. The monoisotopic (exact) mass is 487 g/mol. The number of aromatic nitrogens is 2. The van der Waals surface area contributed by atoms with Crippen LogP contribution < -0.4 is 10.1 Å². The summed E-state index contributed by atoms with van der Waals surface area (Å²) in [7, 11) is -3.38. The van der Waals surface area contributed by atoms with Crippen LogP contribution in [-0.2, 0) is 16.4 Å². The number of ether oxygens (including phenoxy) is 1. The van der Waals surface area contributed by atoms with Crippen molar-refractivity contribution in [1.29, 1.82) is 0 Å². The largest absolute Gasteiger partial charge is 0.434 e. The molecular weight excluding hydrogens is 467 g/mol. The third kappa shape index (κ3) is 4.03. The van der Waals surface area contributed by atoms with Gasteiger partial charge in [0.2, 0.25) is 0 Å². The summed E-state index contributed by atoms with van der Waals surface area (Å²) in [6, 6.07) is 15.1. The molecule has 3 aromatic carbocycles. The molecule has 1 aliphatic heterocycles. The Morgan fingerprint density at radius 1 is 1.12 bits per heavy atom. The van der Waals surface area contributed by atoms with Crippen molar-refractivity contribution in [1.82, 2.24) is 14.9 Å². The molecule has 0 bridgehead atoms. The smallest absolute Gasteiger partial charge is 0.387 e. The maximum absolute atomic E-state index is 15.0. The van der Waals surface area contributed by atoms with Crippen molar-refractivity contribution >= 4 is 20.9 Å². The quantitative estimate of drug-likeness (QED) is 0.448. The lowest BCUT2D eigenvalue weighted by Gasteiger charge is -2.28. The van der Waals surface area contributed by atoms with Crippen LogP contribution in [0.15, 0.2) is 65.6 Å². The zero-order valence-corrected chi connectivity index (χ0v) is 18.8. The standard InChI is InChI=1S/C24H20F3N3O3S/c1-34(31,32)15-8-6-14(7-9-15)17-10-20-19(11-18(17)25)29-23-13-28-12-21(30(20)23)16-4-2-3-5-22(16)33-24(26)27/h2-11,21,24,28H,12-13H2,1H3/t21-/m0/s1. The summed E-state index contributed by atoms with van der Waals surface area (Å²) in [4.78, 5) is 4.69. The fourth-order valence-electron chi connectivity index (χ4n) is 4.36. The van der Waals surface area contributed by atoms with Gasteiger partial charge < -0.3 is 14.6 Å². The zero-order valence-electron chi connectivity index (χ0n) is 18.0. The maximum atomic E-state index is 15.0. The molecule has 4 aromatic rings. The number of sulfone groups is 1. The van der Waals surface area contributed by atoms with Crippen LogP contribution in [0, 0.1) is 5.82 Å². The van der Waals surface area contributed by atoms with Crippen LogP contribution in [0.4, 0.5) is 13.2 Å². The third-order valence-corrected chi connectivity index (χ3v) is 7.00. The minimum atomic E-state index is -3.38. The molecular formula is C24H20F3N3O3S. The molecule has 0 saturated heterocycles. The number of halogens is 3. The van der Waals surface area contributed by atoms with Crippen molar-refractivity contribution < 1.29 is 26.3 Å². The van der Waals surface area contributed by atoms with E-state index in [-0.39, 0.29) is 16.2 Å². The lowest BCUT2D eigenvalue weighted by Crippen LogP contribution is -2.34. The Kier molecular flexibility index (Phi) is 5.57. The zero-order chi connectivity index (χ0) is 24.0. The molecule has 0 aliphatic carbocycles. The third-order valence-electron chi connectivity index (χ3n) is 5.87. The van der Waals surface area contributed by atoms with Gasteiger partial charge in [0.15, 0.2) is 9.84 Å². The van der Waals surface area contributed by atoms with E-state index in [0.29, 0.717) is 41.1 Å². The van der Waals surface area contributed by atoms with Gasteiger partial charge in [-0.3, -0.25) is 0 Å². The highest BCUT2D eigenvalue weighted by Gasteiger charge is 2.28. The topological polar surface area (TPSA) is 73.2 Å². The van der Waals surface area contributed by atoms with E-state index in [1.165, 1.54) is 24.3 Å². The number of benzene rings is 3. The van der Waals surface area contributed by atoms with Gasteiger partial charge in [-0.1, -0.05) is 30.3 Å². The molecule has 0 saturated carbocycles. The molecule has 1 N–H and O–H groups in total. The summed E-state index contributed by atoms with van der Waals surface area (Å²) >= 11 is 0. The van der Waals surface area contributed by atoms with Gasteiger partial charge >= 0.3 is 6.61 Å². The van der Waals surface area contributed by atoms with Crippen LogP contribution in [0.25, 0.3) is 22.2 Å². The first kappa shape index (κ1) is 22.4. The molecule has 0 spiro atoms. The molecule has 0 radical (unpaired) electrons. The van der Waals surface area contributed by atoms with Crippen LogP contribution in [0.1, 0.15) is 17.4 Å². The van der Waals surface area contributed by atoms with Gasteiger partial charge in [-0.25, -0.2) is 17.8 Å². The summed E-state index contributed by atoms with van der Waals surface area (Å²) in [5.41, 5.74) is 2.42. The summed E-state index contributed by atoms with van der Waals surface area (Å²) < 4.78 is 71.2. The molecule has 0 amide bonds. The number of alkyl halides is 2. The van der Waals surface area contributed by atoms with E-state index in [0.717, 1.165) is 6.26 Å². The highest BCUT2D eigenvalue weighted by atomic mass is 32.2. The van der Waals surface area contributed by atoms with E-state index in [9.17, 15) is 17.2 Å². The van der Waals surface area contributed by atoms with Gasteiger partial charge in [0.25, 0.3) is 0 Å². The van der Waals surface area contributed by atoms with Crippen LogP contribution in [-0.4, -0.2) is 37.4 Å². The average molecular weight is 488 g/mol. The summed E-state index contributed by atoms with van der Waals surface area (Å²) in [5, 5.41) is 3.24. The number of imidazole rings is 1. The van der Waals surface area contributed by atoms with Gasteiger partial charge in [-0.05, 0) is 29.8 Å². The first-order valence-electron chi connectivity index (χ1n) is 10.5. The molecule has 6 nitrogen and oxygen atoms in total. The number of rotatable bonds is 5. The highest BCUT2D eigenvalue weighted by Crippen LogP contribution is 2.36. The number of nitrogens with one attached hydrogen (secondary N) is 1. The van der Waals surface area contributed by atoms with E-state index < -0.39 is 28.3 Å². The van der Waals surface area contributed by atoms with E-state index in [4.69, 9.17) is 4.74 Å². The Balaban J connectivity index is 1.65. The second-order valence-corrected chi connectivity index (χ2v) is 10.1. The van der Waals surface area contributed by atoms with Crippen molar-refractivity contribution in [2.45, 2.75) is 24.1 Å². The molecule has 0 fully saturated rings. The van der Waals surface area contributed by atoms with Gasteiger partial charge in [-0.15, -0.1) is 0 Å².